The van der Waals surface area contributed by atoms with Gasteiger partial charge in [0.15, 0.2) is 0 Å². The van der Waals surface area contributed by atoms with Crippen LogP contribution in [0.5, 0.6) is 5.75 Å². The van der Waals surface area contributed by atoms with E-state index in [9.17, 15) is 0 Å². The molecule has 0 aromatic heterocycles. The Morgan fingerprint density at radius 2 is 2.27 bits per heavy atom. The van der Waals surface area contributed by atoms with Crippen LogP contribution in [0.15, 0.2) is 22.7 Å². The predicted molar refractivity (Wildman–Crippen MR) is 61.7 cm³/mol. The molecule has 0 spiro atoms. The highest BCUT2D eigenvalue weighted by molar-refractivity contribution is 9.10. The topological polar surface area (TPSA) is 33.0 Å². The lowest BCUT2D eigenvalue weighted by molar-refractivity contribution is 0.119. The third-order valence-corrected chi connectivity index (χ3v) is 3.13. The summed E-state index contributed by atoms with van der Waals surface area (Å²) in [7, 11) is 0. The van der Waals surface area contributed by atoms with Crippen LogP contribution in [-0.4, -0.2) is 6.10 Å². The van der Waals surface area contributed by atoms with Gasteiger partial charge in [0.2, 0.25) is 0 Å². The summed E-state index contributed by atoms with van der Waals surface area (Å²) in [5.41, 5.74) is 0.971. The average molecular weight is 266 g/mol. The summed E-state index contributed by atoms with van der Waals surface area (Å²) in [6, 6.07) is 8.01. The minimum atomic E-state index is 0.364. The molecule has 2 nitrogen and oxygen atoms in total. The van der Waals surface area contributed by atoms with Crippen LogP contribution in [0, 0.1) is 11.3 Å². The molecular weight excluding hydrogens is 254 g/mol. The van der Waals surface area contributed by atoms with Crippen molar-refractivity contribution in [3.63, 3.8) is 0 Å². The maximum atomic E-state index is 8.72. The smallest absolute Gasteiger partial charge is 0.124 e. The van der Waals surface area contributed by atoms with E-state index in [0.29, 0.717) is 12.5 Å². The van der Waals surface area contributed by atoms with Gasteiger partial charge in [0.05, 0.1) is 18.6 Å². The molecule has 0 aliphatic heterocycles. The molecule has 0 saturated heterocycles. The Kier molecular flexibility index (Phi) is 3.27. The zero-order valence-corrected chi connectivity index (χ0v) is 9.96. The van der Waals surface area contributed by atoms with Crippen molar-refractivity contribution in [2.45, 2.75) is 31.8 Å². The normalized spacial score (nSPS) is 15.5. The summed E-state index contributed by atoms with van der Waals surface area (Å²) < 4.78 is 6.81. The number of halogens is 1. The number of ether oxygens (including phenoxy) is 1. The van der Waals surface area contributed by atoms with Crippen molar-refractivity contribution in [3.05, 3.63) is 28.2 Å². The van der Waals surface area contributed by atoms with Gasteiger partial charge in [-0.2, -0.15) is 5.26 Å². The first-order valence-corrected chi connectivity index (χ1v) is 5.91. The highest BCUT2D eigenvalue weighted by Crippen LogP contribution is 2.29. The van der Waals surface area contributed by atoms with Gasteiger partial charge >= 0.3 is 0 Å². The largest absolute Gasteiger partial charge is 0.490 e. The molecule has 78 valence electrons. The third-order valence-electron chi connectivity index (χ3n) is 2.64. The second kappa shape index (κ2) is 4.67. The van der Waals surface area contributed by atoms with E-state index >= 15 is 0 Å². The van der Waals surface area contributed by atoms with Crippen molar-refractivity contribution in [3.8, 4) is 11.8 Å². The number of benzene rings is 1. The summed E-state index contributed by atoms with van der Waals surface area (Å²) in [6.45, 7) is 0. The zero-order chi connectivity index (χ0) is 10.7. The molecule has 2 rings (SSSR count). The van der Waals surface area contributed by atoms with E-state index in [2.05, 4.69) is 22.0 Å². The number of hydrogen-bond donors (Lipinski definition) is 0. The lowest BCUT2D eigenvalue weighted by Gasteiger charge is -2.27. The Morgan fingerprint density at radius 3 is 2.87 bits per heavy atom. The second-order valence-corrected chi connectivity index (χ2v) is 4.67. The van der Waals surface area contributed by atoms with Crippen molar-refractivity contribution in [1.29, 1.82) is 5.26 Å². The van der Waals surface area contributed by atoms with Crippen LogP contribution in [0.4, 0.5) is 0 Å². The Hall–Kier alpha value is -1.01. The van der Waals surface area contributed by atoms with Gasteiger partial charge in [-0.25, -0.2) is 0 Å². The van der Waals surface area contributed by atoms with E-state index in [-0.39, 0.29) is 0 Å². The lowest BCUT2D eigenvalue weighted by Crippen LogP contribution is -2.25. The number of rotatable bonds is 3. The summed E-state index contributed by atoms with van der Waals surface area (Å²) >= 11 is 3.40. The third kappa shape index (κ3) is 2.51. The van der Waals surface area contributed by atoms with Gasteiger partial charge in [0.1, 0.15) is 5.75 Å². The molecule has 1 saturated carbocycles. The molecule has 1 aromatic carbocycles. The molecule has 0 heterocycles. The molecule has 1 aromatic rings. The second-order valence-electron chi connectivity index (χ2n) is 3.76. The van der Waals surface area contributed by atoms with Crippen LogP contribution >= 0.6 is 15.9 Å². The summed E-state index contributed by atoms with van der Waals surface area (Å²) in [4.78, 5) is 0. The Morgan fingerprint density at radius 1 is 1.47 bits per heavy atom. The van der Waals surface area contributed by atoms with E-state index in [0.717, 1.165) is 28.6 Å². The average Bonchev–Trinajstić information content (AvgIpc) is 2.14. The van der Waals surface area contributed by atoms with Gasteiger partial charge in [-0.3, -0.25) is 0 Å². The first-order valence-electron chi connectivity index (χ1n) is 5.11. The molecule has 0 N–H and O–H groups in total. The number of hydrogen-bond acceptors (Lipinski definition) is 2. The zero-order valence-electron chi connectivity index (χ0n) is 8.37. The fourth-order valence-corrected chi connectivity index (χ4v) is 1.96. The van der Waals surface area contributed by atoms with Crippen molar-refractivity contribution in [2.75, 3.05) is 0 Å². The molecule has 1 fully saturated rings. The Bertz CT molecular complexity index is 393. The van der Waals surface area contributed by atoms with Crippen LogP contribution in [0.3, 0.4) is 0 Å². The van der Waals surface area contributed by atoms with E-state index < -0.39 is 0 Å². The SMILES string of the molecule is N#CCc1cc(Br)ccc1OC1CCC1. The molecule has 15 heavy (non-hydrogen) atoms. The van der Waals surface area contributed by atoms with Crippen molar-refractivity contribution in [1.82, 2.24) is 0 Å². The Balaban J connectivity index is 2.16. The highest BCUT2D eigenvalue weighted by Gasteiger charge is 2.20. The van der Waals surface area contributed by atoms with E-state index in [1.54, 1.807) is 0 Å². The summed E-state index contributed by atoms with van der Waals surface area (Å²) in [6.07, 6.45) is 4.31. The van der Waals surface area contributed by atoms with Gasteiger partial charge in [0.25, 0.3) is 0 Å². The van der Waals surface area contributed by atoms with Crippen molar-refractivity contribution >= 4 is 15.9 Å². The fraction of sp³-hybridized carbons (Fsp3) is 0.417. The fourth-order valence-electron chi connectivity index (χ4n) is 1.55. The summed E-state index contributed by atoms with van der Waals surface area (Å²) in [5, 5.41) is 8.72. The number of nitrogens with zero attached hydrogens (tertiary/aromatic N) is 1. The molecular formula is C12H12BrNO. The Labute approximate surface area is 98.0 Å². The molecule has 1 aliphatic rings. The van der Waals surface area contributed by atoms with E-state index in [1.807, 2.05) is 18.2 Å². The molecule has 3 heteroatoms. The molecule has 0 atom stereocenters. The van der Waals surface area contributed by atoms with Gasteiger partial charge in [-0.15, -0.1) is 0 Å². The predicted octanol–water partition coefficient (Wildman–Crippen LogP) is 3.45. The molecule has 0 radical (unpaired) electrons. The molecule has 0 bridgehead atoms. The standard InChI is InChI=1S/C12H12BrNO/c13-10-4-5-12(9(8-10)6-7-14)15-11-2-1-3-11/h4-5,8,11H,1-3,6H2. The first kappa shape index (κ1) is 10.5. The summed E-state index contributed by atoms with van der Waals surface area (Å²) in [5.74, 6) is 0.865. The first-order chi connectivity index (χ1) is 7.29. The number of nitriles is 1. The monoisotopic (exact) mass is 265 g/mol. The minimum absolute atomic E-state index is 0.364. The van der Waals surface area contributed by atoms with Gasteiger partial charge in [0, 0.05) is 10.0 Å². The molecule has 1 aliphatic carbocycles. The van der Waals surface area contributed by atoms with Crippen LogP contribution < -0.4 is 4.74 Å². The van der Waals surface area contributed by atoms with Crippen LogP contribution in [0.25, 0.3) is 0 Å². The maximum Gasteiger partial charge on any atom is 0.124 e. The van der Waals surface area contributed by atoms with Crippen LogP contribution in [0.1, 0.15) is 24.8 Å². The van der Waals surface area contributed by atoms with Crippen molar-refractivity contribution in [2.24, 2.45) is 0 Å². The van der Waals surface area contributed by atoms with Crippen LogP contribution in [0.2, 0.25) is 0 Å². The van der Waals surface area contributed by atoms with Gasteiger partial charge in [-0.1, -0.05) is 15.9 Å². The minimum Gasteiger partial charge on any atom is -0.490 e. The van der Waals surface area contributed by atoms with E-state index in [4.69, 9.17) is 10.00 Å². The highest BCUT2D eigenvalue weighted by atomic mass is 79.9. The maximum absolute atomic E-state index is 8.72. The van der Waals surface area contributed by atoms with Crippen LogP contribution in [-0.2, 0) is 6.42 Å². The molecule has 0 amide bonds. The van der Waals surface area contributed by atoms with E-state index in [1.165, 1.54) is 6.42 Å². The quantitative estimate of drug-likeness (QED) is 0.839. The molecule has 0 unspecified atom stereocenters. The lowest BCUT2D eigenvalue weighted by atomic mass is 9.96. The van der Waals surface area contributed by atoms with Crippen molar-refractivity contribution < 1.29 is 4.74 Å². The van der Waals surface area contributed by atoms with Gasteiger partial charge < -0.3 is 4.74 Å². The van der Waals surface area contributed by atoms with Gasteiger partial charge in [-0.05, 0) is 37.5 Å².